The molecule has 2 aromatic carbocycles. The fraction of sp³-hybridized carbons (Fsp3) is 0.429. The molecule has 2 nitrogen and oxygen atoms in total. The molecule has 2 aromatic rings. The fourth-order valence-electron chi connectivity index (χ4n) is 3.56. The number of benzene rings is 2. The van der Waals surface area contributed by atoms with Crippen molar-refractivity contribution in [2.45, 2.75) is 51.0 Å². The Hall–Kier alpha value is -1.87. The van der Waals surface area contributed by atoms with Crippen LogP contribution in [-0.2, 0) is 13.0 Å². The number of ether oxygens (including phenoxy) is 1. The highest BCUT2D eigenvalue weighted by Crippen LogP contribution is 2.33. The summed E-state index contributed by atoms with van der Waals surface area (Å²) in [7, 11) is 0. The zero-order chi connectivity index (χ0) is 16.8. The van der Waals surface area contributed by atoms with Crippen LogP contribution in [0.1, 0.15) is 54.7 Å². The van der Waals surface area contributed by atoms with Crippen LogP contribution in [-0.4, -0.2) is 6.54 Å². The van der Waals surface area contributed by atoms with E-state index in [1.165, 1.54) is 43.7 Å². The second-order valence-electron chi connectivity index (χ2n) is 6.64. The van der Waals surface area contributed by atoms with Crippen LogP contribution in [0.5, 0.6) is 5.75 Å². The summed E-state index contributed by atoms with van der Waals surface area (Å²) in [6.45, 7) is 0.949. The maximum Gasteiger partial charge on any atom is 0.123 e. The molecule has 0 unspecified atom stereocenters. The van der Waals surface area contributed by atoms with Gasteiger partial charge in [-0.15, -0.1) is 0 Å². The average Bonchev–Trinajstić information content (AvgIpc) is 2.63. The summed E-state index contributed by atoms with van der Waals surface area (Å²) in [6.07, 6.45) is 7.34. The monoisotopic (exact) mass is 327 g/mol. The van der Waals surface area contributed by atoms with Crippen LogP contribution in [0.4, 0.5) is 4.39 Å². The van der Waals surface area contributed by atoms with E-state index in [-0.39, 0.29) is 5.82 Å². The maximum atomic E-state index is 13.4. The molecule has 0 amide bonds. The number of hydrogen-bond donors (Lipinski definition) is 1. The van der Waals surface area contributed by atoms with Gasteiger partial charge in [-0.3, -0.25) is 0 Å². The van der Waals surface area contributed by atoms with E-state index >= 15 is 0 Å². The summed E-state index contributed by atoms with van der Waals surface area (Å²) in [5.74, 6) is 1.35. The molecule has 0 spiro atoms. The molecule has 3 rings (SSSR count). The quantitative estimate of drug-likeness (QED) is 0.814. The maximum absolute atomic E-state index is 13.4. The molecule has 128 valence electrons. The Morgan fingerprint density at radius 1 is 0.958 bits per heavy atom. The number of halogens is 1. The molecule has 3 heteroatoms. The Morgan fingerprint density at radius 2 is 1.71 bits per heavy atom. The highest BCUT2D eigenvalue weighted by atomic mass is 19.1. The van der Waals surface area contributed by atoms with Crippen molar-refractivity contribution in [3.05, 3.63) is 65.0 Å². The van der Waals surface area contributed by atoms with E-state index in [9.17, 15) is 4.39 Å². The lowest BCUT2D eigenvalue weighted by Gasteiger charge is -2.22. The molecule has 0 radical (unpaired) electrons. The highest BCUT2D eigenvalue weighted by molar-refractivity contribution is 5.31. The van der Waals surface area contributed by atoms with Gasteiger partial charge in [0.05, 0.1) is 0 Å². The predicted octanol–water partition coefficient (Wildman–Crippen LogP) is 4.95. The van der Waals surface area contributed by atoms with Gasteiger partial charge in [0.25, 0.3) is 0 Å². The van der Waals surface area contributed by atoms with Gasteiger partial charge in [-0.2, -0.15) is 0 Å². The number of nitrogens with two attached hydrogens (primary N) is 1. The predicted molar refractivity (Wildman–Crippen MR) is 95.8 cm³/mol. The summed E-state index contributed by atoms with van der Waals surface area (Å²) in [5.41, 5.74) is 8.96. The minimum atomic E-state index is -0.223. The van der Waals surface area contributed by atoms with Crippen LogP contribution in [0, 0.1) is 5.82 Å². The van der Waals surface area contributed by atoms with Crippen molar-refractivity contribution in [2.24, 2.45) is 5.73 Å². The van der Waals surface area contributed by atoms with Crippen molar-refractivity contribution in [2.75, 3.05) is 6.54 Å². The number of rotatable bonds is 6. The Morgan fingerprint density at radius 3 is 2.42 bits per heavy atom. The first-order chi connectivity index (χ1) is 11.8. The van der Waals surface area contributed by atoms with Crippen molar-refractivity contribution in [1.29, 1.82) is 0 Å². The molecule has 1 aliphatic rings. The summed E-state index contributed by atoms with van der Waals surface area (Å²) in [5, 5.41) is 0. The average molecular weight is 327 g/mol. The lowest BCUT2D eigenvalue weighted by molar-refractivity contribution is 0.304. The molecule has 0 saturated heterocycles. The first kappa shape index (κ1) is 17.0. The molecule has 1 aliphatic carbocycles. The first-order valence-electron chi connectivity index (χ1n) is 8.96. The van der Waals surface area contributed by atoms with Crippen LogP contribution >= 0.6 is 0 Å². The van der Waals surface area contributed by atoms with Crippen molar-refractivity contribution in [3.8, 4) is 5.75 Å². The molecular weight excluding hydrogens is 301 g/mol. The number of hydrogen-bond acceptors (Lipinski definition) is 2. The smallest absolute Gasteiger partial charge is 0.123 e. The summed E-state index contributed by atoms with van der Waals surface area (Å²) in [6, 6.07) is 13.3. The van der Waals surface area contributed by atoms with Crippen molar-refractivity contribution >= 4 is 0 Å². The molecular formula is C21H26FNO. The summed E-state index contributed by atoms with van der Waals surface area (Å²) < 4.78 is 19.3. The van der Waals surface area contributed by atoms with Gasteiger partial charge < -0.3 is 10.5 Å². The molecule has 24 heavy (non-hydrogen) atoms. The van der Waals surface area contributed by atoms with Crippen molar-refractivity contribution in [3.63, 3.8) is 0 Å². The van der Waals surface area contributed by atoms with Gasteiger partial charge >= 0.3 is 0 Å². The SMILES string of the molecule is NCCc1cc(F)ccc1COc1ccc(C2CCCCC2)cc1. The molecule has 1 fully saturated rings. The minimum Gasteiger partial charge on any atom is -0.489 e. The summed E-state index contributed by atoms with van der Waals surface area (Å²) >= 11 is 0. The molecule has 0 aromatic heterocycles. The van der Waals surface area contributed by atoms with Gasteiger partial charge in [0, 0.05) is 0 Å². The molecule has 0 aliphatic heterocycles. The van der Waals surface area contributed by atoms with E-state index in [1.54, 1.807) is 12.1 Å². The largest absolute Gasteiger partial charge is 0.489 e. The lowest BCUT2D eigenvalue weighted by atomic mass is 9.84. The zero-order valence-electron chi connectivity index (χ0n) is 14.1. The third-order valence-corrected chi connectivity index (χ3v) is 4.93. The van der Waals surface area contributed by atoms with Crippen molar-refractivity contribution in [1.82, 2.24) is 0 Å². The van der Waals surface area contributed by atoms with E-state index in [0.717, 1.165) is 16.9 Å². The van der Waals surface area contributed by atoms with Crippen LogP contribution in [0.2, 0.25) is 0 Å². The van der Waals surface area contributed by atoms with E-state index in [2.05, 4.69) is 24.3 Å². The highest BCUT2D eigenvalue weighted by Gasteiger charge is 2.15. The summed E-state index contributed by atoms with van der Waals surface area (Å²) in [4.78, 5) is 0. The molecule has 2 N–H and O–H groups in total. The first-order valence-corrected chi connectivity index (χ1v) is 8.96. The van der Waals surface area contributed by atoms with Crippen LogP contribution in [0.3, 0.4) is 0 Å². The normalized spacial score (nSPS) is 15.4. The molecule has 0 heterocycles. The lowest BCUT2D eigenvalue weighted by Crippen LogP contribution is -2.08. The topological polar surface area (TPSA) is 35.2 Å². The Bertz CT molecular complexity index is 647. The van der Waals surface area contributed by atoms with Crippen LogP contribution < -0.4 is 10.5 Å². The molecule has 0 bridgehead atoms. The van der Waals surface area contributed by atoms with Gasteiger partial charge in [-0.1, -0.05) is 37.5 Å². The van der Waals surface area contributed by atoms with E-state index in [1.807, 2.05) is 0 Å². The van der Waals surface area contributed by atoms with Crippen molar-refractivity contribution < 1.29 is 9.13 Å². The van der Waals surface area contributed by atoms with Gasteiger partial charge in [0.15, 0.2) is 0 Å². The fourth-order valence-corrected chi connectivity index (χ4v) is 3.56. The standard InChI is InChI=1S/C21H26FNO/c22-20-9-6-19(18(14-20)12-13-23)15-24-21-10-7-17(8-11-21)16-4-2-1-3-5-16/h6-11,14,16H,1-5,12-13,15,23H2. The van der Waals surface area contributed by atoms with Gasteiger partial charge in [-0.25, -0.2) is 4.39 Å². The van der Waals surface area contributed by atoms with Gasteiger partial charge in [-0.05, 0) is 72.7 Å². The Kier molecular flexibility index (Phi) is 5.86. The third-order valence-electron chi connectivity index (χ3n) is 4.93. The second kappa shape index (κ2) is 8.29. The molecule has 1 saturated carbocycles. The van der Waals surface area contributed by atoms with E-state index in [0.29, 0.717) is 25.5 Å². The minimum absolute atomic E-state index is 0.223. The zero-order valence-corrected chi connectivity index (χ0v) is 14.1. The Labute approximate surface area is 143 Å². The van der Waals surface area contributed by atoms with Crippen LogP contribution in [0.15, 0.2) is 42.5 Å². The Balaban J connectivity index is 1.62. The van der Waals surface area contributed by atoms with E-state index in [4.69, 9.17) is 10.5 Å². The van der Waals surface area contributed by atoms with Crippen LogP contribution in [0.25, 0.3) is 0 Å². The van der Waals surface area contributed by atoms with E-state index < -0.39 is 0 Å². The third kappa shape index (κ3) is 4.35. The molecule has 0 atom stereocenters. The second-order valence-corrected chi connectivity index (χ2v) is 6.64. The van der Waals surface area contributed by atoms with Gasteiger partial charge in [0.1, 0.15) is 18.2 Å². The van der Waals surface area contributed by atoms with Gasteiger partial charge in [0.2, 0.25) is 0 Å².